The molecule has 4 rings (SSSR count). The first-order chi connectivity index (χ1) is 13.3. The molecule has 0 N–H and O–H groups in total. The second kappa shape index (κ2) is 7.19. The molecule has 3 aromatic rings. The molecular formula is C20H18ClF3N2OS. The number of alkyl halides is 3. The number of hydrogen-bond acceptors (Lipinski definition) is 3. The van der Waals surface area contributed by atoms with Gasteiger partial charge < -0.3 is 0 Å². The van der Waals surface area contributed by atoms with E-state index < -0.39 is 12.1 Å². The van der Waals surface area contributed by atoms with Crippen LogP contribution in [0.3, 0.4) is 0 Å². The van der Waals surface area contributed by atoms with Crippen LogP contribution in [0.15, 0.2) is 34.4 Å². The molecule has 2 heterocycles. The molecule has 0 atom stereocenters. The summed E-state index contributed by atoms with van der Waals surface area (Å²) in [5.74, 6) is -0.918. The van der Waals surface area contributed by atoms with Crippen LogP contribution in [0.1, 0.15) is 43.0 Å². The predicted octanol–water partition coefficient (Wildman–Crippen LogP) is 6.25. The van der Waals surface area contributed by atoms with Gasteiger partial charge in [0.25, 0.3) is 5.56 Å². The molecular weight excluding hydrogens is 409 g/mol. The van der Waals surface area contributed by atoms with Gasteiger partial charge in [0.2, 0.25) is 0 Å². The molecule has 1 aromatic carbocycles. The number of rotatable bonds is 2. The summed E-state index contributed by atoms with van der Waals surface area (Å²) in [6, 6.07) is 6.86. The summed E-state index contributed by atoms with van der Waals surface area (Å²) in [5.41, 5.74) is 2.00. The van der Waals surface area contributed by atoms with Gasteiger partial charge in [-0.1, -0.05) is 11.6 Å². The van der Waals surface area contributed by atoms with E-state index in [4.69, 9.17) is 16.6 Å². The third-order valence-corrected chi connectivity index (χ3v) is 6.76. The van der Waals surface area contributed by atoms with Crippen molar-refractivity contribution in [2.75, 3.05) is 0 Å². The fourth-order valence-electron chi connectivity index (χ4n) is 3.89. The quantitative estimate of drug-likeness (QED) is 0.485. The van der Waals surface area contributed by atoms with Crippen molar-refractivity contribution in [2.24, 2.45) is 5.92 Å². The van der Waals surface area contributed by atoms with Crippen molar-refractivity contribution in [3.8, 4) is 5.69 Å². The van der Waals surface area contributed by atoms with Gasteiger partial charge in [-0.15, -0.1) is 11.3 Å². The molecule has 0 spiro atoms. The maximum Gasteiger partial charge on any atom is 0.391 e. The zero-order valence-electron chi connectivity index (χ0n) is 15.1. The Hall–Kier alpha value is -1.86. The van der Waals surface area contributed by atoms with E-state index in [1.54, 1.807) is 28.8 Å². The first-order valence-corrected chi connectivity index (χ1v) is 10.3. The van der Waals surface area contributed by atoms with E-state index in [2.05, 4.69) is 0 Å². The van der Waals surface area contributed by atoms with Crippen LogP contribution in [0, 0.1) is 12.8 Å². The zero-order chi connectivity index (χ0) is 20.1. The molecule has 1 aliphatic carbocycles. The lowest BCUT2D eigenvalue weighted by Crippen LogP contribution is -2.30. The molecule has 1 saturated carbocycles. The number of hydrogen-bond donors (Lipinski definition) is 0. The lowest BCUT2D eigenvalue weighted by molar-refractivity contribution is -0.182. The van der Waals surface area contributed by atoms with E-state index in [1.165, 1.54) is 11.3 Å². The summed E-state index contributed by atoms with van der Waals surface area (Å²) >= 11 is 7.32. The number of aryl methyl sites for hydroxylation is 1. The van der Waals surface area contributed by atoms with E-state index in [-0.39, 0.29) is 24.3 Å². The number of halogens is 4. The van der Waals surface area contributed by atoms with Crippen LogP contribution < -0.4 is 5.56 Å². The lowest BCUT2D eigenvalue weighted by Gasteiger charge is -2.30. The van der Waals surface area contributed by atoms with Crippen molar-refractivity contribution in [3.05, 3.63) is 56.4 Å². The molecule has 148 valence electrons. The highest BCUT2D eigenvalue weighted by Gasteiger charge is 2.42. The largest absolute Gasteiger partial charge is 0.391 e. The van der Waals surface area contributed by atoms with Crippen LogP contribution in [0.25, 0.3) is 15.9 Å². The van der Waals surface area contributed by atoms with Crippen molar-refractivity contribution in [1.82, 2.24) is 9.55 Å². The third-order valence-electron chi connectivity index (χ3n) is 5.44. The van der Waals surface area contributed by atoms with Crippen molar-refractivity contribution in [3.63, 3.8) is 0 Å². The molecule has 0 bridgehead atoms. The minimum atomic E-state index is -4.16. The van der Waals surface area contributed by atoms with E-state index in [9.17, 15) is 18.0 Å². The minimum absolute atomic E-state index is 0.0608. The highest BCUT2D eigenvalue weighted by atomic mass is 35.5. The Morgan fingerprint density at radius 2 is 1.79 bits per heavy atom. The van der Waals surface area contributed by atoms with Crippen molar-refractivity contribution in [1.29, 1.82) is 0 Å². The normalized spacial score (nSPS) is 20.6. The van der Waals surface area contributed by atoms with Gasteiger partial charge in [-0.3, -0.25) is 9.36 Å². The number of thiophene rings is 1. The Kier molecular flexibility index (Phi) is 5.00. The number of fused-ring (bicyclic) bond motifs is 1. The van der Waals surface area contributed by atoms with Gasteiger partial charge in [0, 0.05) is 10.9 Å². The highest BCUT2D eigenvalue weighted by Crippen LogP contribution is 2.43. The molecule has 3 nitrogen and oxygen atoms in total. The molecule has 0 unspecified atom stereocenters. The van der Waals surface area contributed by atoms with Gasteiger partial charge in [0.1, 0.15) is 10.5 Å². The molecule has 28 heavy (non-hydrogen) atoms. The topological polar surface area (TPSA) is 34.9 Å². The van der Waals surface area contributed by atoms with Crippen LogP contribution in [0.4, 0.5) is 13.2 Å². The first-order valence-electron chi connectivity index (χ1n) is 9.09. The fraction of sp³-hybridized carbons (Fsp3) is 0.400. The summed E-state index contributed by atoms with van der Waals surface area (Å²) in [6.45, 7) is 1.89. The maximum atomic E-state index is 13.2. The molecule has 0 amide bonds. The van der Waals surface area contributed by atoms with E-state index >= 15 is 0 Å². The van der Waals surface area contributed by atoms with E-state index in [0.29, 0.717) is 39.6 Å². The van der Waals surface area contributed by atoms with Gasteiger partial charge >= 0.3 is 6.18 Å². The average molecular weight is 427 g/mol. The van der Waals surface area contributed by atoms with Crippen LogP contribution in [-0.4, -0.2) is 15.7 Å². The monoisotopic (exact) mass is 426 g/mol. The Bertz CT molecular complexity index is 1060. The van der Waals surface area contributed by atoms with Crippen molar-refractivity contribution < 1.29 is 13.2 Å². The van der Waals surface area contributed by atoms with Gasteiger partial charge in [-0.05, 0) is 67.8 Å². The predicted molar refractivity (Wildman–Crippen MR) is 106 cm³/mol. The molecule has 8 heteroatoms. The summed E-state index contributed by atoms with van der Waals surface area (Å²) in [6.07, 6.45) is -3.32. The SMILES string of the molecule is Cc1csc2c(=O)n(-c3ccc(Cl)cc3)c([C@H]3CC[C@@H](C(F)(F)F)CC3)nc12. The van der Waals surface area contributed by atoms with E-state index in [1.807, 2.05) is 12.3 Å². The Balaban J connectivity index is 1.83. The van der Waals surface area contributed by atoms with Crippen LogP contribution in [-0.2, 0) is 0 Å². The van der Waals surface area contributed by atoms with Crippen molar-refractivity contribution in [2.45, 2.75) is 44.7 Å². The minimum Gasteiger partial charge on any atom is -0.267 e. The summed E-state index contributed by atoms with van der Waals surface area (Å²) in [4.78, 5) is 18.0. The lowest BCUT2D eigenvalue weighted by atomic mass is 9.81. The molecule has 0 radical (unpaired) electrons. The van der Waals surface area contributed by atoms with Crippen LogP contribution in [0.5, 0.6) is 0 Å². The Labute approximate surface area is 168 Å². The van der Waals surface area contributed by atoms with Gasteiger partial charge in [0.05, 0.1) is 17.1 Å². The summed E-state index contributed by atoms with van der Waals surface area (Å²) in [5, 5.41) is 2.43. The average Bonchev–Trinajstić information content (AvgIpc) is 3.03. The molecule has 0 saturated heterocycles. The number of benzene rings is 1. The standard InChI is InChI=1S/C20H18ClF3N2OS/c1-11-10-28-17-16(11)25-18(12-2-4-13(5-3-12)20(22,23)24)26(19(17)27)15-8-6-14(21)7-9-15/h6-10,12-13H,2-5H2,1H3/t12-,13+. The fourth-order valence-corrected chi connectivity index (χ4v) is 4.93. The smallest absolute Gasteiger partial charge is 0.267 e. The van der Waals surface area contributed by atoms with Crippen LogP contribution in [0.2, 0.25) is 5.02 Å². The second-order valence-electron chi connectivity index (χ2n) is 7.27. The third kappa shape index (κ3) is 3.46. The van der Waals surface area contributed by atoms with Gasteiger partial charge in [-0.2, -0.15) is 13.2 Å². The Morgan fingerprint density at radius 1 is 1.14 bits per heavy atom. The molecule has 0 aliphatic heterocycles. The summed E-state index contributed by atoms with van der Waals surface area (Å²) in [7, 11) is 0. The van der Waals surface area contributed by atoms with Gasteiger partial charge in [0.15, 0.2) is 0 Å². The summed E-state index contributed by atoms with van der Waals surface area (Å²) < 4.78 is 41.3. The van der Waals surface area contributed by atoms with Crippen LogP contribution >= 0.6 is 22.9 Å². The number of aromatic nitrogens is 2. The molecule has 2 aromatic heterocycles. The van der Waals surface area contributed by atoms with Gasteiger partial charge in [-0.25, -0.2) is 4.98 Å². The Morgan fingerprint density at radius 3 is 2.39 bits per heavy atom. The zero-order valence-corrected chi connectivity index (χ0v) is 16.7. The van der Waals surface area contributed by atoms with E-state index in [0.717, 1.165) is 5.56 Å². The second-order valence-corrected chi connectivity index (χ2v) is 8.59. The first kappa shape index (κ1) is 19.5. The highest BCUT2D eigenvalue weighted by molar-refractivity contribution is 7.17. The molecule has 1 fully saturated rings. The molecule has 1 aliphatic rings. The van der Waals surface area contributed by atoms with Crippen molar-refractivity contribution >= 4 is 33.2 Å². The maximum absolute atomic E-state index is 13.2. The number of nitrogens with zero attached hydrogens (tertiary/aromatic N) is 2.